The van der Waals surface area contributed by atoms with E-state index >= 15 is 0 Å². The number of aliphatic hydroxyl groups excluding tert-OH is 1. The van der Waals surface area contributed by atoms with Crippen LogP contribution in [0.25, 0.3) is 0 Å². The molecule has 1 aromatic heterocycles. The number of nitrogens with one attached hydrogen (secondary N) is 2. The molecule has 0 bridgehead atoms. The molecule has 21 heavy (non-hydrogen) atoms. The Hall–Kier alpha value is -2.74. The molecule has 0 unspecified atom stereocenters. The van der Waals surface area contributed by atoms with Gasteiger partial charge in [0.25, 0.3) is 11.8 Å². The topological polar surface area (TPSA) is 109 Å². The third kappa shape index (κ3) is 2.61. The SMILES string of the molecule is O=C1NC(=O)c2cc(NCc3cn(CCO)nn3)ccc21. The number of carbonyl (C=O) groups excluding carboxylic acids is 2. The molecular formula is C13H13N5O3. The summed E-state index contributed by atoms with van der Waals surface area (Å²) in [7, 11) is 0. The van der Waals surface area contributed by atoms with E-state index in [9.17, 15) is 9.59 Å². The predicted molar refractivity (Wildman–Crippen MR) is 72.7 cm³/mol. The second-order valence-electron chi connectivity index (χ2n) is 4.59. The van der Waals surface area contributed by atoms with Crippen molar-refractivity contribution in [3.63, 3.8) is 0 Å². The van der Waals surface area contributed by atoms with Crippen molar-refractivity contribution in [2.75, 3.05) is 11.9 Å². The summed E-state index contributed by atoms with van der Waals surface area (Å²) in [5.74, 6) is -0.749. The monoisotopic (exact) mass is 287 g/mol. The molecule has 8 heteroatoms. The molecule has 1 aliphatic rings. The number of nitrogens with zero attached hydrogens (tertiary/aromatic N) is 3. The predicted octanol–water partition coefficient (Wildman–Crippen LogP) is -0.234. The van der Waals surface area contributed by atoms with Crippen LogP contribution in [0.15, 0.2) is 24.4 Å². The minimum atomic E-state index is -0.382. The van der Waals surface area contributed by atoms with Crippen molar-refractivity contribution in [3.05, 3.63) is 41.2 Å². The number of rotatable bonds is 5. The number of aliphatic hydroxyl groups is 1. The van der Waals surface area contributed by atoms with Gasteiger partial charge >= 0.3 is 0 Å². The summed E-state index contributed by atoms with van der Waals surface area (Å²) in [4.78, 5) is 23.0. The normalized spacial score (nSPS) is 13.2. The van der Waals surface area contributed by atoms with Crippen LogP contribution >= 0.6 is 0 Å². The maximum atomic E-state index is 11.6. The van der Waals surface area contributed by atoms with E-state index in [1.54, 1.807) is 29.1 Å². The number of fused-ring (bicyclic) bond motifs is 1. The zero-order valence-corrected chi connectivity index (χ0v) is 11.0. The molecule has 0 spiro atoms. The molecule has 1 aromatic carbocycles. The van der Waals surface area contributed by atoms with Gasteiger partial charge in [0.2, 0.25) is 0 Å². The largest absolute Gasteiger partial charge is 0.394 e. The van der Waals surface area contributed by atoms with Crippen LogP contribution in [-0.4, -0.2) is 38.5 Å². The number of carbonyl (C=O) groups is 2. The van der Waals surface area contributed by atoms with Gasteiger partial charge in [0.15, 0.2) is 0 Å². The Bertz CT molecular complexity index is 710. The standard InChI is InChI=1S/C13H13N5O3/c19-4-3-18-7-9(16-17-18)6-14-8-1-2-10-11(5-8)13(21)15-12(10)20/h1-2,5,7,14,19H,3-4,6H2,(H,15,20,21). The van der Waals surface area contributed by atoms with Gasteiger partial charge in [-0.25, -0.2) is 4.68 Å². The highest BCUT2D eigenvalue weighted by Crippen LogP contribution is 2.20. The Morgan fingerprint density at radius 3 is 2.86 bits per heavy atom. The van der Waals surface area contributed by atoms with Crippen LogP contribution in [0, 0.1) is 0 Å². The average molecular weight is 287 g/mol. The van der Waals surface area contributed by atoms with Crippen molar-refractivity contribution < 1.29 is 14.7 Å². The third-order valence-electron chi connectivity index (χ3n) is 3.12. The van der Waals surface area contributed by atoms with Gasteiger partial charge in [-0.2, -0.15) is 0 Å². The number of amides is 2. The fourth-order valence-electron chi connectivity index (χ4n) is 2.10. The number of aromatic nitrogens is 3. The molecule has 1 aliphatic heterocycles. The van der Waals surface area contributed by atoms with Crippen molar-refractivity contribution in [1.82, 2.24) is 20.3 Å². The molecule has 0 saturated heterocycles. The molecule has 0 atom stereocenters. The smallest absolute Gasteiger partial charge is 0.259 e. The van der Waals surface area contributed by atoms with Crippen molar-refractivity contribution >= 4 is 17.5 Å². The minimum absolute atomic E-state index is 0.00416. The molecule has 2 amide bonds. The first-order chi connectivity index (χ1) is 10.2. The Morgan fingerprint density at radius 2 is 2.05 bits per heavy atom. The Labute approximate surface area is 119 Å². The second kappa shape index (κ2) is 5.33. The van der Waals surface area contributed by atoms with Crippen molar-refractivity contribution in [1.29, 1.82) is 0 Å². The lowest BCUT2D eigenvalue weighted by molar-refractivity contribution is 0.0879. The van der Waals surface area contributed by atoms with E-state index in [1.807, 2.05) is 0 Å². The van der Waals surface area contributed by atoms with Crippen LogP contribution in [0.4, 0.5) is 5.69 Å². The maximum Gasteiger partial charge on any atom is 0.259 e. The lowest BCUT2D eigenvalue weighted by atomic mass is 10.1. The van der Waals surface area contributed by atoms with Crippen LogP contribution in [0.5, 0.6) is 0 Å². The average Bonchev–Trinajstić information content (AvgIpc) is 3.03. The highest BCUT2D eigenvalue weighted by atomic mass is 16.3. The van der Waals surface area contributed by atoms with Crippen LogP contribution in [0.2, 0.25) is 0 Å². The zero-order chi connectivity index (χ0) is 14.8. The highest BCUT2D eigenvalue weighted by Gasteiger charge is 2.26. The first-order valence-corrected chi connectivity index (χ1v) is 6.41. The van der Waals surface area contributed by atoms with Gasteiger partial charge in [0, 0.05) is 5.69 Å². The van der Waals surface area contributed by atoms with E-state index in [1.165, 1.54) is 0 Å². The first kappa shape index (κ1) is 13.3. The van der Waals surface area contributed by atoms with E-state index in [0.29, 0.717) is 29.9 Å². The van der Waals surface area contributed by atoms with Crippen LogP contribution in [-0.2, 0) is 13.1 Å². The number of anilines is 1. The fraction of sp³-hybridized carbons (Fsp3) is 0.231. The van der Waals surface area contributed by atoms with Gasteiger partial charge in [-0.3, -0.25) is 14.9 Å². The summed E-state index contributed by atoms with van der Waals surface area (Å²) in [6.07, 6.45) is 1.73. The lowest BCUT2D eigenvalue weighted by Crippen LogP contribution is -2.19. The van der Waals surface area contributed by atoms with Gasteiger partial charge in [0.1, 0.15) is 5.69 Å². The summed E-state index contributed by atoms with van der Waals surface area (Å²) < 4.78 is 1.55. The molecule has 0 fully saturated rings. The van der Waals surface area contributed by atoms with Crippen molar-refractivity contribution in [3.8, 4) is 0 Å². The van der Waals surface area contributed by atoms with Crippen LogP contribution in [0.3, 0.4) is 0 Å². The molecular weight excluding hydrogens is 274 g/mol. The van der Waals surface area contributed by atoms with Crippen LogP contribution < -0.4 is 10.6 Å². The van der Waals surface area contributed by atoms with E-state index < -0.39 is 0 Å². The molecule has 108 valence electrons. The summed E-state index contributed by atoms with van der Waals surface area (Å²) in [6.45, 7) is 0.831. The fourth-order valence-corrected chi connectivity index (χ4v) is 2.10. The Morgan fingerprint density at radius 1 is 1.24 bits per heavy atom. The quantitative estimate of drug-likeness (QED) is 0.655. The summed E-state index contributed by atoms with van der Waals surface area (Å²) in [6, 6.07) is 4.98. The van der Waals surface area contributed by atoms with Gasteiger partial charge in [-0.1, -0.05) is 5.21 Å². The molecule has 0 saturated carbocycles. The van der Waals surface area contributed by atoms with E-state index in [-0.39, 0.29) is 18.4 Å². The molecule has 8 nitrogen and oxygen atoms in total. The van der Waals surface area contributed by atoms with Gasteiger partial charge < -0.3 is 10.4 Å². The third-order valence-corrected chi connectivity index (χ3v) is 3.12. The van der Waals surface area contributed by atoms with Gasteiger partial charge in [-0.05, 0) is 18.2 Å². The summed E-state index contributed by atoms with van der Waals surface area (Å²) in [5, 5.41) is 22.0. The first-order valence-electron chi connectivity index (χ1n) is 6.41. The summed E-state index contributed by atoms with van der Waals surface area (Å²) in [5.41, 5.74) is 2.19. The summed E-state index contributed by atoms with van der Waals surface area (Å²) >= 11 is 0. The molecule has 2 heterocycles. The highest BCUT2D eigenvalue weighted by molar-refractivity contribution is 6.21. The second-order valence-corrected chi connectivity index (χ2v) is 4.59. The van der Waals surface area contributed by atoms with Gasteiger partial charge in [-0.15, -0.1) is 5.10 Å². The maximum absolute atomic E-state index is 11.6. The van der Waals surface area contributed by atoms with E-state index in [0.717, 1.165) is 5.69 Å². The van der Waals surface area contributed by atoms with E-state index in [2.05, 4.69) is 20.9 Å². The lowest BCUT2D eigenvalue weighted by Gasteiger charge is -2.05. The van der Waals surface area contributed by atoms with Crippen molar-refractivity contribution in [2.24, 2.45) is 0 Å². The van der Waals surface area contributed by atoms with Crippen LogP contribution in [0.1, 0.15) is 26.4 Å². The molecule has 0 radical (unpaired) electrons. The number of benzene rings is 1. The van der Waals surface area contributed by atoms with E-state index in [4.69, 9.17) is 5.11 Å². The zero-order valence-electron chi connectivity index (χ0n) is 11.0. The minimum Gasteiger partial charge on any atom is -0.394 e. The Kier molecular flexibility index (Phi) is 3.36. The number of hydrogen-bond donors (Lipinski definition) is 3. The molecule has 3 rings (SSSR count). The molecule has 0 aliphatic carbocycles. The number of hydrogen-bond acceptors (Lipinski definition) is 6. The molecule has 2 aromatic rings. The molecule has 3 N–H and O–H groups in total. The Balaban J connectivity index is 1.69. The number of imide groups is 1. The van der Waals surface area contributed by atoms with Gasteiger partial charge in [0.05, 0.1) is 37.0 Å². The van der Waals surface area contributed by atoms with Crippen molar-refractivity contribution in [2.45, 2.75) is 13.1 Å².